The zero-order valence-corrected chi connectivity index (χ0v) is 22.8. The monoisotopic (exact) mass is 513 g/mol. The molecule has 4 rings (SSSR count). The van der Waals surface area contributed by atoms with Crippen molar-refractivity contribution in [1.29, 1.82) is 0 Å². The number of nitrogens with one attached hydrogen (secondary N) is 2. The van der Waals surface area contributed by atoms with Crippen LogP contribution in [0.3, 0.4) is 0 Å². The Hall–Kier alpha value is -2.45. The average molecular weight is 514 g/mol. The summed E-state index contributed by atoms with van der Waals surface area (Å²) in [6.45, 7) is 9.83. The number of aliphatic hydroxyl groups is 1. The highest BCUT2D eigenvalue weighted by molar-refractivity contribution is 6.02. The first kappa shape index (κ1) is 27.6. The first-order valence-corrected chi connectivity index (χ1v) is 13.9. The van der Waals surface area contributed by atoms with Crippen LogP contribution >= 0.6 is 0 Å². The normalized spacial score (nSPS) is 31.9. The predicted octanol–water partition coefficient (Wildman–Crippen LogP) is 3.49. The molecule has 37 heavy (non-hydrogen) atoms. The van der Waals surface area contributed by atoms with Crippen LogP contribution in [-0.4, -0.2) is 63.7 Å². The van der Waals surface area contributed by atoms with Crippen LogP contribution in [0.2, 0.25) is 0 Å². The van der Waals surface area contributed by atoms with Gasteiger partial charge in [-0.2, -0.15) is 0 Å². The molecule has 3 aliphatic rings. The summed E-state index contributed by atoms with van der Waals surface area (Å²) in [6, 6.07) is 7.75. The minimum absolute atomic E-state index is 0.0570. The lowest BCUT2D eigenvalue weighted by atomic mass is 9.65. The van der Waals surface area contributed by atoms with Crippen molar-refractivity contribution in [2.75, 3.05) is 11.9 Å². The molecule has 3 fully saturated rings. The second-order valence-electron chi connectivity index (χ2n) is 11.6. The van der Waals surface area contributed by atoms with Gasteiger partial charge in [0.25, 0.3) is 0 Å². The minimum atomic E-state index is -1.09. The van der Waals surface area contributed by atoms with Crippen LogP contribution in [0.1, 0.15) is 73.1 Å². The molecule has 0 saturated carbocycles. The molecule has 8 heteroatoms. The molecule has 3 N–H and O–H groups in total. The van der Waals surface area contributed by atoms with E-state index in [0.717, 1.165) is 12.8 Å². The molecule has 0 radical (unpaired) electrons. The highest BCUT2D eigenvalue weighted by atomic mass is 16.5. The number of carbonyl (C=O) groups is 3. The van der Waals surface area contributed by atoms with Crippen molar-refractivity contribution in [3.05, 3.63) is 30.3 Å². The zero-order chi connectivity index (χ0) is 27.0. The van der Waals surface area contributed by atoms with Gasteiger partial charge in [-0.05, 0) is 57.1 Å². The highest BCUT2D eigenvalue weighted by Crippen LogP contribution is 2.64. The van der Waals surface area contributed by atoms with E-state index in [1.807, 2.05) is 58.0 Å². The fourth-order valence-electron chi connectivity index (χ4n) is 7.14. The molecular weight excluding hydrogens is 470 g/mol. The van der Waals surface area contributed by atoms with E-state index in [9.17, 15) is 19.5 Å². The molecule has 204 valence electrons. The van der Waals surface area contributed by atoms with E-state index in [1.165, 1.54) is 0 Å². The molecule has 0 aliphatic carbocycles. The van der Waals surface area contributed by atoms with Crippen molar-refractivity contribution in [3.63, 3.8) is 0 Å². The van der Waals surface area contributed by atoms with Crippen LogP contribution in [0.4, 0.5) is 5.69 Å². The number of anilines is 1. The molecule has 1 aromatic carbocycles. The Morgan fingerprint density at radius 2 is 1.84 bits per heavy atom. The lowest BCUT2D eigenvalue weighted by Gasteiger charge is -2.38. The van der Waals surface area contributed by atoms with E-state index in [1.54, 1.807) is 4.90 Å². The highest BCUT2D eigenvalue weighted by Gasteiger charge is 2.79. The number of hydrogen-bond donors (Lipinski definition) is 3. The van der Waals surface area contributed by atoms with Crippen LogP contribution in [0, 0.1) is 17.8 Å². The first-order chi connectivity index (χ1) is 17.6. The molecule has 1 aromatic rings. The Balaban J connectivity index is 1.76. The van der Waals surface area contributed by atoms with Crippen molar-refractivity contribution in [3.8, 4) is 0 Å². The molecule has 7 atom stereocenters. The van der Waals surface area contributed by atoms with Gasteiger partial charge >= 0.3 is 0 Å². The van der Waals surface area contributed by atoms with Crippen molar-refractivity contribution in [2.24, 2.45) is 17.8 Å². The third-order valence-corrected chi connectivity index (χ3v) is 8.65. The lowest BCUT2D eigenvalue weighted by Crippen LogP contribution is -2.59. The van der Waals surface area contributed by atoms with Crippen LogP contribution in [0.5, 0.6) is 0 Å². The van der Waals surface area contributed by atoms with Crippen molar-refractivity contribution in [2.45, 2.75) is 102 Å². The van der Waals surface area contributed by atoms with Gasteiger partial charge in [-0.15, -0.1) is 0 Å². The van der Waals surface area contributed by atoms with E-state index in [4.69, 9.17) is 4.74 Å². The minimum Gasteiger partial charge on any atom is -0.394 e. The third-order valence-electron chi connectivity index (χ3n) is 8.65. The molecule has 0 aromatic heterocycles. The van der Waals surface area contributed by atoms with Gasteiger partial charge in [0.15, 0.2) is 0 Å². The van der Waals surface area contributed by atoms with E-state index in [2.05, 4.69) is 17.6 Å². The molecule has 2 bridgehead atoms. The molecular formula is C29H43N3O5. The summed E-state index contributed by atoms with van der Waals surface area (Å²) in [5.74, 6) is -2.05. The molecule has 3 unspecified atom stereocenters. The number of likely N-dealkylation sites (tertiary alicyclic amines) is 1. The number of para-hydroxylation sites is 1. The topological polar surface area (TPSA) is 108 Å². The smallest absolute Gasteiger partial charge is 0.246 e. The van der Waals surface area contributed by atoms with Gasteiger partial charge in [-0.1, -0.05) is 52.3 Å². The number of amides is 3. The average Bonchev–Trinajstić information content (AvgIpc) is 3.46. The molecule has 3 heterocycles. The van der Waals surface area contributed by atoms with Crippen molar-refractivity contribution in [1.82, 2.24) is 10.2 Å². The molecule has 3 aliphatic heterocycles. The van der Waals surface area contributed by atoms with Gasteiger partial charge in [0.1, 0.15) is 11.6 Å². The van der Waals surface area contributed by atoms with Crippen LogP contribution in [0.15, 0.2) is 30.3 Å². The first-order valence-electron chi connectivity index (χ1n) is 13.9. The summed E-state index contributed by atoms with van der Waals surface area (Å²) >= 11 is 0. The van der Waals surface area contributed by atoms with Gasteiger partial charge in [0.2, 0.25) is 17.7 Å². The van der Waals surface area contributed by atoms with Gasteiger partial charge in [-0.25, -0.2) is 0 Å². The molecule has 3 amide bonds. The maximum atomic E-state index is 14.3. The number of rotatable bonds is 11. The molecule has 8 nitrogen and oxygen atoms in total. The Kier molecular flexibility index (Phi) is 8.00. The van der Waals surface area contributed by atoms with Crippen LogP contribution in [0.25, 0.3) is 0 Å². The summed E-state index contributed by atoms with van der Waals surface area (Å²) in [4.78, 5) is 43.6. The summed E-state index contributed by atoms with van der Waals surface area (Å²) in [5, 5.41) is 16.5. The fraction of sp³-hybridized carbons (Fsp3) is 0.690. The Morgan fingerprint density at radius 1 is 1.14 bits per heavy atom. The van der Waals surface area contributed by atoms with E-state index in [0.29, 0.717) is 31.4 Å². The summed E-state index contributed by atoms with van der Waals surface area (Å²) < 4.78 is 6.80. The van der Waals surface area contributed by atoms with E-state index >= 15 is 0 Å². The summed E-state index contributed by atoms with van der Waals surface area (Å²) in [5.41, 5.74) is -1.23. The van der Waals surface area contributed by atoms with Gasteiger partial charge in [0.05, 0.1) is 30.1 Å². The maximum absolute atomic E-state index is 14.3. The number of hydrogen-bond acceptors (Lipinski definition) is 5. The van der Waals surface area contributed by atoms with E-state index in [-0.39, 0.29) is 36.3 Å². The molecule has 3 saturated heterocycles. The second kappa shape index (κ2) is 10.7. The SMILES string of the molecule is CCCC(C)NC(=O)C1N([C@@H](CO)CC(C)C)C(=O)[C@@H]2[C@H](C(=O)Nc3ccccc3)[C@]3(CC)CCC12O3. The number of ether oxygens (including phenoxy) is 1. The van der Waals surface area contributed by atoms with Crippen molar-refractivity contribution >= 4 is 23.4 Å². The van der Waals surface area contributed by atoms with E-state index < -0.39 is 35.1 Å². The lowest BCUT2D eigenvalue weighted by molar-refractivity contribution is -0.150. The third kappa shape index (κ3) is 4.67. The van der Waals surface area contributed by atoms with Crippen LogP contribution in [-0.2, 0) is 19.1 Å². The van der Waals surface area contributed by atoms with Gasteiger partial charge < -0.3 is 25.4 Å². The number of benzene rings is 1. The summed E-state index contributed by atoms with van der Waals surface area (Å²) in [6.07, 6.45) is 4.01. The Morgan fingerprint density at radius 3 is 2.43 bits per heavy atom. The Labute approximate surface area is 220 Å². The number of nitrogens with zero attached hydrogens (tertiary/aromatic N) is 1. The number of aliphatic hydroxyl groups excluding tert-OH is 1. The number of fused-ring (bicyclic) bond motifs is 1. The van der Waals surface area contributed by atoms with Gasteiger partial charge in [0, 0.05) is 11.7 Å². The molecule has 1 spiro atoms. The van der Waals surface area contributed by atoms with Gasteiger partial charge in [-0.3, -0.25) is 14.4 Å². The van der Waals surface area contributed by atoms with Crippen molar-refractivity contribution < 1.29 is 24.2 Å². The summed E-state index contributed by atoms with van der Waals surface area (Å²) in [7, 11) is 0. The fourth-order valence-corrected chi connectivity index (χ4v) is 7.14. The Bertz CT molecular complexity index is 1000. The van der Waals surface area contributed by atoms with Crippen LogP contribution < -0.4 is 10.6 Å². The quantitative estimate of drug-likeness (QED) is 0.420. The zero-order valence-electron chi connectivity index (χ0n) is 22.8. The standard InChI is InChI=1S/C29H43N3O5/c1-6-11-19(5)30-26(35)24-29-15-14-28(7-2,37-29)22(25(34)31-20-12-9-8-10-13-20)23(29)27(36)32(24)21(17-33)16-18(3)4/h8-10,12-13,18-19,21-24,33H,6-7,11,14-17H2,1-5H3,(H,30,35)(H,31,34)/t19?,21-,22-,23+,24?,28+,29?/m1/s1. The maximum Gasteiger partial charge on any atom is 0.246 e. The largest absolute Gasteiger partial charge is 0.394 e. The number of carbonyl (C=O) groups excluding carboxylic acids is 3. The second-order valence-corrected chi connectivity index (χ2v) is 11.6. The predicted molar refractivity (Wildman–Crippen MR) is 142 cm³/mol.